The number of imidazole rings is 1. The number of unbranched alkanes of at least 4 members (excludes halogenated alkanes) is 1. The number of nitrogens with zero attached hydrogens (tertiary/aromatic N) is 6. The van der Waals surface area contributed by atoms with E-state index < -0.39 is 0 Å². The SMILES string of the molecule is CCCCc1nc(Cl)c(CN2CCOC(c3nnn(C)n3)C2)[nH]1. The first kappa shape index (κ1) is 16.4. The maximum absolute atomic E-state index is 6.26. The smallest absolute Gasteiger partial charge is 0.204 e. The van der Waals surface area contributed by atoms with Crippen LogP contribution in [0.3, 0.4) is 0 Å². The van der Waals surface area contributed by atoms with Crippen LogP contribution in [0.25, 0.3) is 0 Å². The molecule has 1 atom stereocenters. The second-order valence-electron chi connectivity index (χ2n) is 5.79. The van der Waals surface area contributed by atoms with Gasteiger partial charge in [-0.25, -0.2) is 4.98 Å². The molecule has 0 amide bonds. The first-order valence-corrected chi connectivity index (χ1v) is 8.34. The minimum absolute atomic E-state index is 0.154. The zero-order chi connectivity index (χ0) is 16.2. The minimum atomic E-state index is -0.154. The van der Waals surface area contributed by atoms with E-state index in [1.807, 2.05) is 0 Å². The Kier molecular flexibility index (Phi) is 5.24. The van der Waals surface area contributed by atoms with Crippen LogP contribution >= 0.6 is 11.6 Å². The van der Waals surface area contributed by atoms with Crippen molar-refractivity contribution in [3.8, 4) is 0 Å². The van der Waals surface area contributed by atoms with E-state index in [9.17, 15) is 0 Å². The highest BCUT2D eigenvalue weighted by molar-refractivity contribution is 6.30. The molecule has 2 aromatic rings. The van der Waals surface area contributed by atoms with Crippen LogP contribution in [-0.4, -0.2) is 54.8 Å². The quantitative estimate of drug-likeness (QED) is 0.858. The largest absolute Gasteiger partial charge is 0.367 e. The molecular weight excluding hydrogens is 318 g/mol. The normalized spacial score (nSPS) is 19.3. The average Bonchev–Trinajstić information content (AvgIpc) is 3.12. The van der Waals surface area contributed by atoms with Crippen LogP contribution < -0.4 is 0 Å². The predicted octanol–water partition coefficient (Wildman–Crippen LogP) is 1.50. The molecule has 1 fully saturated rings. The number of hydrogen-bond donors (Lipinski definition) is 1. The molecule has 23 heavy (non-hydrogen) atoms. The lowest BCUT2D eigenvalue weighted by Gasteiger charge is -2.30. The molecular formula is C14H22ClN7O. The van der Waals surface area contributed by atoms with Gasteiger partial charge in [-0.1, -0.05) is 24.9 Å². The van der Waals surface area contributed by atoms with Crippen molar-refractivity contribution < 1.29 is 4.74 Å². The third kappa shape index (κ3) is 4.07. The number of rotatable bonds is 6. The Bertz CT molecular complexity index is 641. The fourth-order valence-electron chi connectivity index (χ4n) is 2.66. The van der Waals surface area contributed by atoms with Gasteiger partial charge >= 0.3 is 0 Å². The first-order valence-electron chi connectivity index (χ1n) is 7.96. The first-order chi connectivity index (χ1) is 11.2. The number of tetrazole rings is 1. The second-order valence-corrected chi connectivity index (χ2v) is 6.15. The molecule has 3 heterocycles. The van der Waals surface area contributed by atoms with E-state index in [0.717, 1.165) is 43.9 Å². The van der Waals surface area contributed by atoms with Gasteiger partial charge in [0.15, 0.2) is 5.15 Å². The van der Waals surface area contributed by atoms with E-state index in [4.69, 9.17) is 16.3 Å². The zero-order valence-electron chi connectivity index (χ0n) is 13.5. The molecule has 0 radical (unpaired) electrons. The van der Waals surface area contributed by atoms with Gasteiger partial charge in [0.2, 0.25) is 5.82 Å². The molecule has 0 saturated carbocycles. The number of halogens is 1. The Morgan fingerprint density at radius 2 is 2.30 bits per heavy atom. The Labute approximate surface area is 140 Å². The molecule has 0 aromatic carbocycles. The van der Waals surface area contributed by atoms with Crippen LogP contribution in [0.5, 0.6) is 0 Å². The Morgan fingerprint density at radius 1 is 1.43 bits per heavy atom. The minimum Gasteiger partial charge on any atom is -0.367 e. The number of morpholine rings is 1. The monoisotopic (exact) mass is 339 g/mol. The maximum Gasteiger partial charge on any atom is 0.204 e. The predicted molar refractivity (Wildman–Crippen MR) is 85.0 cm³/mol. The lowest BCUT2D eigenvalue weighted by molar-refractivity contribution is -0.0376. The van der Waals surface area contributed by atoms with Gasteiger partial charge in [-0.15, -0.1) is 10.2 Å². The van der Waals surface area contributed by atoms with E-state index >= 15 is 0 Å². The van der Waals surface area contributed by atoms with Crippen molar-refractivity contribution in [2.24, 2.45) is 7.05 Å². The molecule has 0 bridgehead atoms. The van der Waals surface area contributed by atoms with Gasteiger partial charge in [-0.3, -0.25) is 4.90 Å². The molecule has 9 heteroatoms. The van der Waals surface area contributed by atoms with Crippen LogP contribution in [0.2, 0.25) is 5.15 Å². The topological polar surface area (TPSA) is 84.8 Å². The van der Waals surface area contributed by atoms with Crippen molar-refractivity contribution in [2.45, 2.75) is 38.8 Å². The van der Waals surface area contributed by atoms with Gasteiger partial charge in [0.1, 0.15) is 11.9 Å². The standard InChI is InChI=1S/C14H22ClN7O/c1-3-4-5-12-16-10(13(15)17-12)8-22-6-7-23-11(9-22)14-18-20-21(2)19-14/h11H,3-9H2,1-2H3,(H,16,17). The molecule has 1 saturated heterocycles. The third-order valence-electron chi connectivity index (χ3n) is 3.89. The van der Waals surface area contributed by atoms with E-state index in [2.05, 4.69) is 37.2 Å². The Balaban J connectivity index is 1.62. The highest BCUT2D eigenvalue weighted by Crippen LogP contribution is 2.22. The van der Waals surface area contributed by atoms with E-state index in [0.29, 0.717) is 24.1 Å². The van der Waals surface area contributed by atoms with Crippen LogP contribution in [-0.2, 0) is 24.8 Å². The fraction of sp³-hybridized carbons (Fsp3) is 0.714. The molecule has 1 unspecified atom stereocenters. The van der Waals surface area contributed by atoms with Gasteiger partial charge in [0, 0.05) is 26.1 Å². The number of H-pyrrole nitrogens is 1. The average molecular weight is 340 g/mol. The van der Waals surface area contributed by atoms with E-state index in [-0.39, 0.29) is 6.10 Å². The van der Waals surface area contributed by atoms with Crippen LogP contribution in [0, 0.1) is 0 Å². The van der Waals surface area contributed by atoms with E-state index in [1.165, 1.54) is 4.80 Å². The summed E-state index contributed by atoms with van der Waals surface area (Å²) in [4.78, 5) is 11.5. The van der Waals surface area contributed by atoms with Gasteiger partial charge in [0.05, 0.1) is 19.3 Å². The molecule has 0 aliphatic carbocycles. The molecule has 2 aromatic heterocycles. The second kappa shape index (κ2) is 7.37. The molecule has 1 N–H and O–H groups in total. The molecule has 1 aliphatic rings. The van der Waals surface area contributed by atoms with Gasteiger partial charge in [-0.2, -0.15) is 4.80 Å². The molecule has 126 valence electrons. The number of aryl methyl sites for hydroxylation is 2. The van der Waals surface area contributed by atoms with Gasteiger partial charge in [-0.05, 0) is 11.6 Å². The number of nitrogens with one attached hydrogen (secondary N) is 1. The summed E-state index contributed by atoms with van der Waals surface area (Å²) >= 11 is 6.26. The zero-order valence-corrected chi connectivity index (χ0v) is 14.3. The van der Waals surface area contributed by atoms with E-state index in [1.54, 1.807) is 7.05 Å². The van der Waals surface area contributed by atoms with Crippen molar-refractivity contribution >= 4 is 11.6 Å². The van der Waals surface area contributed by atoms with Gasteiger partial charge in [0.25, 0.3) is 0 Å². The number of aromatic nitrogens is 6. The molecule has 3 rings (SSSR count). The van der Waals surface area contributed by atoms with Crippen molar-refractivity contribution in [1.82, 2.24) is 35.1 Å². The number of aromatic amines is 1. The summed E-state index contributed by atoms with van der Waals surface area (Å²) in [5.74, 6) is 1.59. The van der Waals surface area contributed by atoms with Crippen molar-refractivity contribution in [2.75, 3.05) is 19.7 Å². The summed E-state index contributed by atoms with van der Waals surface area (Å²) in [7, 11) is 1.75. The molecule has 0 spiro atoms. The summed E-state index contributed by atoms with van der Waals surface area (Å²) in [6.07, 6.45) is 3.04. The lowest BCUT2D eigenvalue weighted by atomic mass is 10.2. The fourth-order valence-corrected chi connectivity index (χ4v) is 2.87. The highest BCUT2D eigenvalue weighted by atomic mass is 35.5. The molecule has 1 aliphatic heterocycles. The third-order valence-corrected chi connectivity index (χ3v) is 4.20. The van der Waals surface area contributed by atoms with Crippen molar-refractivity contribution in [1.29, 1.82) is 0 Å². The van der Waals surface area contributed by atoms with Crippen LogP contribution in [0.4, 0.5) is 0 Å². The lowest BCUT2D eigenvalue weighted by Crippen LogP contribution is -2.38. The summed E-state index contributed by atoms with van der Waals surface area (Å²) < 4.78 is 5.76. The summed E-state index contributed by atoms with van der Waals surface area (Å²) in [5, 5.41) is 12.7. The summed E-state index contributed by atoms with van der Waals surface area (Å²) in [5.41, 5.74) is 0.963. The van der Waals surface area contributed by atoms with Crippen molar-refractivity contribution in [3.05, 3.63) is 22.5 Å². The summed E-state index contributed by atoms with van der Waals surface area (Å²) in [6, 6.07) is 0. The van der Waals surface area contributed by atoms with Gasteiger partial charge < -0.3 is 9.72 Å². The van der Waals surface area contributed by atoms with Crippen molar-refractivity contribution in [3.63, 3.8) is 0 Å². The molecule has 8 nitrogen and oxygen atoms in total. The van der Waals surface area contributed by atoms with Crippen LogP contribution in [0.15, 0.2) is 0 Å². The highest BCUT2D eigenvalue weighted by Gasteiger charge is 2.26. The Morgan fingerprint density at radius 3 is 3.04 bits per heavy atom. The summed E-state index contributed by atoms with van der Waals surface area (Å²) in [6.45, 7) is 5.08. The number of hydrogen-bond acceptors (Lipinski definition) is 6. The van der Waals surface area contributed by atoms with Crippen LogP contribution in [0.1, 0.15) is 43.2 Å². The Hall–Kier alpha value is -1.51. The number of ether oxygens (including phenoxy) is 1. The maximum atomic E-state index is 6.26.